The molecular formula is C22H27ClN2O4. The summed E-state index contributed by atoms with van der Waals surface area (Å²) in [5.74, 6) is 2.15. The Bertz CT molecular complexity index is 939. The van der Waals surface area contributed by atoms with Crippen LogP contribution in [0.2, 0.25) is 0 Å². The number of para-hydroxylation sites is 1. The quantitative estimate of drug-likeness (QED) is 0.587. The molecule has 3 aromatic rings. The summed E-state index contributed by atoms with van der Waals surface area (Å²) in [6, 6.07) is 14.6. The number of benzene rings is 2. The molecule has 0 aliphatic rings. The molecule has 0 saturated carbocycles. The lowest BCUT2D eigenvalue weighted by atomic mass is 10.1. The number of ether oxygens (including phenoxy) is 2. The third-order valence-corrected chi connectivity index (χ3v) is 5.00. The van der Waals surface area contributed by atoms with Crippen LogP contribution in [0.25, 0.3) is 11.0 Å². The number of hydrogen-bond acceptors (Lipinski definition) is 4. The molecule has 3 rings (SSSR count). The van der Waals surface area contributed by atoms with Crippen molar-refractivity contribution >= 4 is 29.4 Å². The highest BCUT2D eigenvalue weighted by molar-refractivity contribution is 5.85. The van der Waals surface area contributed by atoms with Gasteiger partial charge in [-0.15, -0.1) is 12.4 Å². The Morgan fingerprint density at radius 1 is 1.07 bits per heavy atom. The molecule has 2 amide bonds. The number of urea groups is 1. The first-order valence-electron chi connectivity index (χ1n) is 9.18. The lowest BCUT2D eigenvalue weighted by Crippen LogP contribution is -2.39. The SMILES string of the molecule is COc1ccc(OC)c(C(C)NC(=O)N(C)C(C)c2cc3ccccc3o2)c1.Cl. The van der Waals surface area contributed by atoms with E-state index in [1.165, 1.54) is 0 Å². The van der Waals surface area contributed by atoms with Gasteiger partial charge in [0, 0.05) is 18.0 Å². The molecule has 29 heavy (non-hydrogen) atoms. The van der Waals surface area contributed by atoms with E-state index in [0.717, 1.165) is 22.3 Å². The van der Waals surface area contributed by atoms with Crippen LogP contribution in [0.4, 0.5) is 4.79 Å². The van der Waals surface area contributed by atoms with Crippen molar-refractivity contribution in [3.63, 3.8) is 0 Å². The Labute approximate surface area is 177 Å². The highest BCUT2D eigenvalue weighted by Crippen LogP contribution is 2.30. The van der Waals surface area contributed by atoms with Crippen molar-refractivity contribution in [2.75, 3.05) is 21.3 Å². The second-order valence-electron chi connectivity index (χ2n) is 6.75. The highest BCUT2D eigenvalue weighted by atomic mass is 35.5. The molecule has 2 unspecified atom stereocenters. The third-order valence-electron chi connectivity index (χ3n) is 5.00. The molecule has 0 aliphatic heterocycles. The lowest BCUT2D eigenvalue weighted by molar-refractivity contribution is 0.184. The maximum absolute atomic E-state index is 12.8. The van der Waals surface area contributed by atoms with Crippen LogP contribution in [0.1, 0.15) is 37.3 Å². The van der Waals surface area contributed by atoms with Gasteiger partial charge < -0.3 is 24.1 Å². The number of carbonyl (C=O) groups excluding carboxylic acids is 1. The molecule has 1 heterocycles. The summed E-state index contributed by atoms with van der Waals surface area (Å²) in [5, 5.41) is 4.04. The first kappa shape index (κ1) is 22.4. The van der Waals surface area contributed by atoms with Crippen LogP contribution < -0.4 is 14.8 Å². The van der Waals surface area contributed by atoms with Crippen molar-refractivity contribution in [3.05, 3.63) is 59.9 Å². The van der Waals surface area contributed by atoms with Crippen LogP contribution in [0, 0.1) is 0 Å². The van der Waals surface area contributed by atoms with Gasteiger partial charge in [0.2, 0.25) is 0 Å². The van der Waals surface area contributed by atoms with Gasteiger partial charge in [-0.2, -0.15) is 0 Å². The monoisotopic (exact) mass is 418 g/mol. The number of carbonyl (C=O) groups is 1. The fourth-order valence-electron chi connectivity index (χ4n) is 3.12. The number of nitrogens with zero attached hydrogens (tertiary/aromatic N) is 1. The number of hydrogen-bond donors (Lipinski definition) is 1. The van der Waals surface area contributed by atoms with Crippen LogP contribution in [-0.4, -0.2) is 32.2 Å². The minimum Gasteiger partial charge on any atom is -0.497 e. The Morgan fingerprint density at radius 2 is 1.79 bits per heavy atom. The largest absolute Gasteiger partial charge is 0.497 e. The standard InChI is InChI=1S/C22H26N2O4.ClH/c1-14(18-13-17(26-4)10-11-20(18)27-5)23-22(25)24(3)15(2)21-12-16-8-6-7-9-19(16)28-21;/h6-15H,1-5H3,(H,23,25);1H. The van der Waals surface area contributed by atoms with Crippen LogP contribution in [-0.2, 0) is 0 Å². The molecule has 1 aromatic heterocycles. The number of amides is 2. The number of fused-ring (bicyclic) bond motifs is 1. The molecule has 156 valence electrons. The van der Waals surface area contributed by atoms with E-state index in [0.29, 0.717) is 11.5 Å². The van der Waals surface area contributed by atoms with Gasteiger partial charge in [0.25, 0.3) is 0 Å². The molecule has 0 radical (unpaired) electrons. The Morgan fingerprint density at radius 3 is 2.45 bits per heavy atom. The normalized spacial score (nSPS) is 12.6. The molecule has 0 fully saturated rings. The molecule has 1 N–H and O–H groups in total. The molecule has 2 aromatic carbocycles. The van der Waals surface area contributed by atoms with Crippen molar-refractivity contribution in [2.24, 2.45) is 0 Å². The number of nitrogens with one attached hydrogen (secondary N) is 1. The predicted molar refractivity (Wildman–Crippen MR) is 116 cm³/mol. The van der Waals surface area contributed by atoms with Gasteiger partial charge >= 0.3 is 6.03 Å². The molecule has 7 heteroatoms. The maximum Gasteiger partial charge on any atom is 0.318 e. The first-order valence-corrected chi connectivity index (χ1v) is 9.18. The summed E-state index contributed by atoms with van der Waals surface area (Å²) >= 11 is 0. The second-order valence-corrected chi connectivity index (χ2v) is 6.75. The molecule has 0 aliphatic carbocycles. The Kier molecular flexibility index (Phi) is 7.40. The van der Waals surface area contributed by atoms with E-state index < -0.39 is 0 Å². The van der Waals surface area contributed by atoms with Crippen molar-refractivity contribution in [2.45, 2.75) is 25.9 Å². The summed E-state index contributed by atoms with van der Waals surface area (Å²) in [6.07, 6.45) is 0. The summed E-state index contributed by atoms with van der Waals surface area (Å²) in [5.41, 5.74) is 1.66. The number of furan rings is 1. The summed E-state index contributed by atoms with van der Waals surface area (Å²) in [7, 11) is 4.97. The van der Waals surface area contributed by atoms with Crippen molar-refractivity contribution in [1.29, 1.82) is 0 Å². The third kappa shape index (κ3) is 4.77. The van der Waals surface area contributed by atoms with Gasteiger partial charge in [0.05, 0.1) is 26.3 Å². The summed E-state index contributed by atoms with van der Waals surface area (Å²) in [6.45, 7) is 3.85. The number of rotatable bonds is 6. The van der Waals surface area contributed by atoms with Crippen LogP contribution in [0.3, 0.4) is 0 Å². The minimum absolute atomic E-state index is 0. The van der Waals surface area contributed by atoms with Crippen LogP contribution in [0.5, 0.6) is 11.5 Å². The average molecular weight is 419 g/mol. The van der Waals surface area contributed by atoms with Gasteiger partial charge in [-0.25, -0.2) is 4.79 Å². The zero-order valence-electron chi connectivity index (χ0n) is 17.3. The number of halogens is 1. The molecule has 0 spiro atoms. The highest BCUT2D eigenvalue weighted by Gasteiger charge is 2.23. The molecular weight excluding hydrogens is 392 g/mol. The predicted octanol–water partition coefficient (Wildman–Crippen LogP) is 5.34. The van der Waals surface area contributed by atoms with E-state index in [1.54, 1.807) is 26.2 Å². The molecule has 0 saturated heterocycles. The topological polar surface area (TPSA) is 63.9 Å². The van der Waals surface area contributed by atoms with Gasteiger partial charge in [0.1, 0.15) is 22.8 Å². The van der Waals surface area contributed by atoms with E-state index in [9.17, 15) is 4.79 Å². The Hall–Kier alpha value is -2.86. The van der Waals surface area contributed by atoms with Crippen molar-refractivity contribution in [1.82, 2.24) is 10.2 Å². The molecule has 6 nitrogen and oxygen atoms in total. The number of methoxy groups -OCH3 is 2. The molecule has 2 atom stereocenters. The van der Waals surface area contributed by atoms with E-state index >= 15 is 0 Å². The van der Waals surface area contributed by atoms with Crippen molar-refractivity contribution < 1.29 is 18.7 Å². The average Bonchev–Trinajstić information content (AvgIpc) is 3.16. The zero-order valence-corrected chi connectivity index (χ0v) is 18.1. The van der Waals surface area contributed by atoms with E-state index in [1.807, 2.05) is 62.4 Å². The van der Waals surface area contributed by atoms with Crippen LogP contribution in [0.15, 0.2) is 52.9 Å². The van der Waals surface area contributed by atoms with Crippen molar-refractivity contribution in [3.8, 4) is 11.5 Å². The zero-order chi connectivity index (χ0) is 20.3. The fourth-order valence-corrected chi connectivity index (χ4v) is 3.12. The van der Waals surface area contributed by atoms with Gasteiger partial charge in [-0.3, -0.25) is 0 Å². The molecule has 0 bridgehead atoms. The first-order chi connectivity index (χ1) is 13.4. The minimum atomic E-state index is -0.261. The smallest absolute Gasteiger partial charge is 0.318 e. The van der Waals surface area contributed by atoms with E-state index in [2.05, 4.69) is 5.32 Å². The van der Waals surface area contributed by atoms with Gasteiger partial charge in [0.15, 0.2) is 0 Å². The van der Waals surface area contributed by atoms with Crippen LogP contribution >= 0.6 is 12.4 Å². The maximum atomic E-state index is 12.8. The fraction of sp³-hybridized carbons (Fsp3) is 0.318. The second kappa shape index (κ2) is 9.56. The van der Waals surface area contributed by atoms with Gasteiger partial charge in [-0.05, 0) is 44.2 Å². The van der Waals surface area contributed by atoms with E-state index in [-0.39, 0.29) is 30.5 Å². The summed E-state index contributed by atoms with van der Waals surface area (Å²) in [4.78, 5) is 14.4. The lowest BCUT2D eigenvalue weighted by Gasteiger charge is -2.26. The summed E-state index contributed by atoms with van der Waals surface area (Å²) < 4.78 is 16.6. The van der Waals surface area contributed by atoms with Gasteiger partial charge in [-0.1, -0.05) is 18.2 Å². The Balaban J connectivity index is 0.00000300. The van der Waals surface area contributed by atoms with E-state index in [4.69, 9.17) is 13.9 Å².